The van der Waals surface area contributed by atoms with Crippen molar-refractivity contribution in [2.45, 2.75) is 19.4 Å². The third-order valence-corrected chi connectivity index (χ3v) is 3.59. The molecule has 1 heterocycles. The second-order valence-corrected chi connectivity index (χ2v) is 4.47. The van der Waals surface area contributed by atoms with Gasteiger partial charge in [-0.1, -0.05) is 6.07 Å². The Labute approximate surface area is 101 Å². The van der Waals surface area contributed by atoms with Gasteiger partial charge in [-0.15, -0.1) is 0 Å². The van der Waals surface area contributed by atoms with Crippen LogP contribution in [0, 0.1) is 5.92 Å². The first-order chi connectivity index (χ1) is 8.06. The van der Waals surface area contributed by atoms with Crippen LogP contribution >= 0.6 is 0 Å². The Kier molecular flexibility index (Phi) is 2.96. The molecule has 4 nitrogen and oxygen atoms in total. The van der Waals surface area contributed by atoms with Gasteiger partial charge in [0.25, 0.3) is 0 Å². The smallest absolute Gasteiger partial charge is 0.308 e. The molecule has 17 heavy (non-hydrogen) atoms. The summed E-state index contributed by atoms with van der Waals surface area (Å²) in [6.45, 7) is 1.75. The molecule has 1 N–H and O–H groups in total. The third-order valence-electron chi connectivity index (χ3n) is 3.59. The molecule has 4 heteroatoms. The molecular weight excluding hydrogens is 218 g/mol. The van der Waals surface area contributed by atoms with Crippen molar-refractivity contribution >= 4 is 11.7 Å². The highest BCUT2D eigenvalue weighted by Gasteiger charge is 2.35. The van der Waals surface area contributed by atoms with Crippen LogP contribution in [0.4, 0.5) is 5.69 Å². The normalized spacial score (nSPS) is 19.9. The fraction of sp³-hybridized carbons (Fsp3) is 0.462. The number of carboxylic acid groups (broad SMARTS) is 1. The summed E-state index contributed by atoms with van der Waals surface area (Å²) in [5, 5.41) is 9.11. The summed E-state index contributed by atoms with van der Waals surface area (Å²) in [7, 11) is 3.58. The van der Waals surface area contributed by atoms with Gasteiger partial charge in [0.05, 0.1) is 13.0 Å². The van der Waals surface area contributed by atoms with Gasteiger partial charge in [0, 0.05) is 24.3 Å². The largest absolute Gasteiger partial charge is 0.496 e. The van der Waals surface area contributed by atoms with E-state index in [1.807, 2.05) is 30.1 Å². The molecule has 1 aromatic rings. The van der Waals surface area contributed by atoms with Crippen LogP contribution in [-0.4, -0.2) is 31.3 Å². The standard InChI is InChI=1S/C13H17NO3/c1-8(13(15)16)11-7-9-10(14(11)2)5-4-6-12(9)17-3/h4-6,8,11H,7H2,1-3H3,(H,15,16). The van der Waals surface area contributed by atoms with Crippen molar-refractivity contribution in [3.05, 3.63) is 23.8 Å². The fourth-order valence-corrected chi connectivity index (χ4v) is 2.48. The lowest BCUT2D eigenvalue weighted by molar-refractivity contribution is -0.141. The number of aliphatic carboxylic acids is 1. The zero-order valence-electron chi connectivity index (χ0n) is 10.3. The van der Waals surface area contributed by atoms with Gasteiger partial charge >= 0.3 is 5.97 Å². The number of benzene rings is 1. The fourth-order valence-electron chi connectivity index (χ4n) is 2.48. The highest BCUT2D eigenvalue weighted by atomic mass is 16.5. The van der Waals surface area contributed by atoms with Crippen LogP contribution in [0.3, 0.4) is 0 Å². The molecule has 0 aromatic heterocycles. The van der Waals surface area contributed by atoms with Crippen LogP contribution < -0.4 is 9.64 Å². The van der Waals surface area contributed by atoms with Crippen molar-refractivity contribution in [1.82, 2.24) is 0 Å². The first kappa shape index (κ1) is 11.8. The van der Waals surface area contributed by atoms with E-state index in [1.54, 1.807) is 14.0 Å². The highest BCUT2D eigenvalue weighted by Crippen LogP contribution is 2.39. The van der Waals surface area contributed by atoms with Crippen molar-refractivity contribution in [3.8, 4) is 5.75 Å². The lowest BCUT2D eigenvalue weighted by Gasteiger charge is -2.25. The van der Waals surface area contributed by atoms with Crippen molar-refractivity contribution < 1.29 is 14.6 Å². The number of rotatable bonds is 3. The van der Waals surface area contributed by atoms with Crippen molar-refractivity contribution in [2.75, 3.05) is 19.1 Å². The van der Waals surface area contributed by atoms with Gasteiger partial charge in [0.2, 0.25) is 0 Å². The topological polar surface area (TPSA) is 49.8 Å². The molecule has 0 aliphatic carbocycles. The first-order valence-corrected chi connectivity index (χ1v) is 5.67. The number of carbonyl (C=O) groups is 1. The maximum absolute atomic E-state index is 11.1. The average Bonchev–Trinajstić information content (AvgIpc) is 2.66. The summed E-state index contributed by atoms with van der Waals surface area (Å²) in [4.78, 5) is 13.1. The van der Waals surface area contributed by atoms with E-state index < -0.39 is 11.9 Å². The van der Waals surface area contributed by atoms with Gasteiger partial charge in [0.15, 0.2) is 0 Å². The molecule has 2 rings (SSSR count). The van der Waals surface area contributed by atoms with Crippen molar-refractivity contribution in [3.63, 3.8) is 0 Å². The second-order valence-electron chi connectivity index (χ2n) is 4.47. The van der Waals surface area contributed by atoms with Crippen LogP contribution in [0.25, 0.3) is 0 Å². The van der Waals surface area contributed by atoms with E-state index in [1.165, 1.54) is 0 Å². The minimum absolute atomic E-state index is 0.00111. The number of anilines is 1. The summed E-state index contributed by atoms with van der Waals surface area (Å²) in [5.74, 6) is -0.305. The Balaban J connectivity index is 2.35. The third kappa shape index (κ3) is 1.84. The van der Waals surface area contributed by atoms with E-state index in [4.69, 9.17) is 9.84 Å². The zero-order chi connectivity index (χ0) is 12.6. The molecule has 0 fully saturated rings. The predicted molar refractivity (Wildman–Crippen MR) is 65.7 cm³/mol. The summed E-state index contributed by atoms with van der Waals surface area (Å²) < 4.78 is 5.32. The maximum Gasteiger partial charge on any atom is 0.308 e. The monoisotopic (exact) mass is 235 g/mol. The van der Waals surface area contributed by atoms with E-state index in [0.717, 1.165) is 23.4 Å². The molecular formula is C13H17NO3. The van der Waals surface area contributed by atoms with Crippen molar-refractivity contribution in [2.24, 2.45) is 5.92 Å². The molecule has 1 aliphatic heterocycles. The molecule has 0 bridgehead atoms. The summed E-state index contributed by atoms with van der Waals surface area (Å²) in [5.41, 5.74) is 2.18. The van der Waals surface area contributed by atoms with Gasteiger partial charge in [-0.25, -0.2) is 0 Å². The quantitative estimate of drug-likeness (QED) is 0.867. The Morgan fingerprint density at radius 2 is 2.29 bits per heavy atom. The highest BCUT2D eigenvalue weighted by molar-refractivity contribution is 5.74. The molecule has 1 aromatic carbocycles. The Morgan fingerprint density at radius 1 is 1.59 bits per heavy atom. The lowest BCUT2D eigenvalue weighted by Crippen LogP contribution is -2.37. The Hall–Kier alpha value is -1.71. The molecule has 2 atom stereocenters. The molecule has 0 saturated heterocycles. The van der Waals surface area contributed by atoms with Gasteiger partial charge in [0.1, 0.15) is 5.75 Å². The van der Waals surface area contributed by atoms with Gasteiger partial charge in [-0.3, -0.25) is 4.79 Å². The summed E-state index contributed by atoms with van der Waals surface area (Å²) >= 11 is 0. The van der Waals surface area contributed by atoms with E-state index in [-0.39, 0.29) is 6.04 Å². The van der Waals surface area contributed by atoms with Crippen LogP contribution in [0.2, 0.25) is 0 Å². The van der Waals surface area contributed by atoms with Gasteiger partial charge in [-0.05, 0) is 25.5 Å². The number of hydrogen-bond acceptors (Lipinski definition) is 3. The van der Waals surface area contributed by atoms with E-state index in [2.05, 4.69) is 0 Å². The van der Waals surface area contributed by atoms with Gasteiger partial charge < -0.3 is 14.7 Å². The van der Waals surface area contributed by atoms with Crippen LogP contribution in [0.1, 0.15) is 12.5 Å². The van der Waals surface area contributed by atoms with Crippen LogP contribution in [0.15, 0.2) is 18.2 Å². The molecule has 0 spiro atoms. The van der Waals surface area contributed by atoms with Crippen LogP contribution in [0.5, 0.6) is 5.75 Å². The molecule has 0 amide bonds. The number of methoxy groups -OCH3 is 1. The number of nitrogens with zero attached hydrogens (tertiary/aromatic N) is 1. The number of ether oxygens (including phenoxy) is 1. The minimum Gasteiger partial charge on any atom is -0.496 e. The number of carboxylic acids is 1. The minimum atomic E-state index is -0.756. The number of likely N-dealkylation sites (N-methyl/N-ethyl adjacent to an activating group) is 1. The maximum atomic E-state index is 11.1. The second kappa shape index (κ2) is 4.28. The molecule has 2 unspecified atom stereocenters. The van der Waals surface area contributed by atoms with Crippen molar-refractivity contribution in [1.29, 1.82) is 0 Å². The SMILES string of the molecule is COc1cccc2c1CC(C(C)C(=O)O)N2C. The Bertz CT molecular complexity index is 444. The van der Waals surface area contributed by atoms with E-state index in [0.29, 0.717) is 0 Å². The van der Waals surface area contributed by atoms with Gasteiger partial charge in [-0.2, -0.15) is 0 Å². The number of fused-ring (bicyclic) bond motifs is 1. The summed E-state index contributed by atoms with van der Waals surface area (Å²) in [6.07, 6.45) is 0.726. The van der Waals surface area contributed by atoms with E-state index in [9.17, 15) is 4.79 Å². The van der Waals surface area contributed by atoms with Crippen LogP contribution in [-0.2, 0) is 11.2 Å². The zero-order valence-corrected chi connectivity index (χ0v) is 10.3. The molecule has 1 aliphatic rings. The average molecular weight is 235 g/mol. The number of hydrogen-bond donors (Lipinski definition) is 1. The molecule has 0 saturated carbocycles. The van der Waals surface area contributed by atoms with E-state index >= 15 is 0 Å². The predicted octanol–water partition coefficient (Wildman–Crippen LogP) is 1.78. The Morgan fingerprint density at radius 3 is 2.88 bits per heavy atom. The first-order valence-electron chi connectivity index (χ1n) is 5.67. The molecule has 92 valence electrons. The molecule has 0 radical (unpaired) electrons. The summed E-state index contributed by atoms with van der Waals surface area (Å²) in [6, 6.07) is 5.85. The lowest BCUT2D eigenvalue weighted by atomic mass is 9.98.